The zero-order chi connectivity index (χ0) is 42.4. The number of aliphatic hydroxyl groups excluding tert-OH is 2. The molecule has 3 saturated heterocycles. The van der Waals surface area contributed by atoms with E-state index >= 15 is 0 Å². The molecule has 0 saturated carbocycles. The molecule has 10 atom stereocenters. The summed E-state index contributed by atoms with van der Waals surface area (Å²) < 4.78 is 61.2. The molecular formula is C32H53N11O13P2. The maximum atomic E-state index is 13.1. The third-order valence-electron chi connectivity index (χ3n) is 9.92. The van der Waals surface area contributed by atoms with Crippen LogP contribution in [0, 0.1) is 0 Å². The number of imidazole rings is 2. The number of hydrogen-bond donors (Lipinski definition) is 6. The van der Waals surface area contributed by atoms with Crippen LogP contribution in [0.4, 0.5) is 5.82 Å². The standard InChI is InChI=1S/C20H23N9O13P2.2C6H15N/c21-15-9-16(23-3-22-15)28(5-26-9)19-13-11(30)7(39-19)1-37-44(35,36)42-14-12(31)8(2-38-43(33,34)41-13)40-20(14)29-6-27-10-17(29)24-4-25-18(10)32;2*1-4-7(5-2)6-3/h3-8,11-14,19-20,30-31H,1-2H2,(H,33,34)(H,35,36)(H2,21,22,23)(H,24,25,32);2*4-6H2,1-3H3/t7-,8-,11-,12-,13-,14-,19-,20-;;/m1../s1. The number of ether oxygens (including phenoxy) is 2. The lowest BCUT2D eigenvalue weighted by Crippen LogP contribution is -2.38. The first-order valence-corrected chi connectivity index (χ1v) is 21.9. The smallest absolute Gasteiger partial charge is 0.387 e. The van der Waals surface area contributed by atoms with E-state index in [1.165, 1.54) is 50.2 Å². The van der Waals surface area contributed by atoms with Gasteiger partial charge in [0.05, 0.1) is 32.2 Å². The number of nitrogens with zero attached hydrogens (tertiary/aromatic N) is 9. The van der Waals surface area contributed by atoms with Gasteiger partial charge >= 0.3 is 15.6 Å². The first-order chi connectivity index (χ1) is 27.6. The maximum absolute atomic E-state index is 13.1. The summed E-state index contributed by atoms with van der Waals surface area (Å²) in [4.78, 5) is 60.5. The molecule has 2 unspecified atom stereocenters. The first kappa shape index (κ1) is 45.8. The van der Waals surface area contributed by atoms with Crippen LogP contribution in [-0.2, 0) is 36.7 Å². The minimum Gasteiger partial charge on any atom is -0.387 e. The third kappa shape index (κ3) is 10.3. The van der Waals surface area contributed by atoms with E-state index < -0.39 is 83.5 Å². The van der Waals surface area contributed by atoms with E-state index in [1.54, 1.807) is 0 Å². The zero-order valence-electron chi connectivity index (χ0n) is 33.0. The monoisotopic (exact) mass is 861 g/mol. The summed E-state index contributed by atoms with van der Waals surface area (Å²) in [6, 6.07) is 0. The van der Waals surface area contributed by atoms with Crippen molar-refractivity contribution in [3.63, 3.8) is 0 Å². The number of aromatic amines is 1. The predicted octanol–water partition coefficient (Wildman–Crippen LogP) is 0.773. The fourth-order valence-corrected chi connectivity index (χ4v) is 8.40. The van der Waals surface area contributed by atoms with E-state index in [0.717, 1.165) is 23.5 Å². The quantitative estimate of drug-likeness (QED) is 0.133. The van der Waals surface area contributed by atoms with Crippen molar-refractivity contribution in [1.29, 1.82) is 0 Å². The second kappa shape index (κ2) is 19.8. The summed E-state index contributed by atoms with van der Waals surface area (Å²) in [6.07, 6.45) is -7.96. The average molecular weight is 862 g/mol. The number of aliphatic hydroxyl groups is 2. The molecule has 4 bridgehead atoms. The Morgan fingerprint density at radius 1 is 0.724 bits per heavy atom. The van der Waals surface area contributed by atoms with Crippen LogP contribution in [0.25, 0.3) is 22.3 Å². The summed E-state index contributed by atoms with van der Waals surface area (Å²) in [6.45, 7) is 18.6. The molecule has 7 rings (SSSR count). The number of H-pyrrole nitrogens is 1. The van der Waals surface area contributed by atoms with Gasteiger partial charge in [0.25, 0.3) is 5.56 Å². The highest BCUT2D eigenvalue weighted by Gasteiger charge is 2.54. The van der Waals surface area contributed by atoms with Crippen LogP contribution in [0.15, 0.2) is 30.1 Å². The number of anilines is 1. The summed E-state index contributed by atoms with van der Waals surface area (Å²) in [5.41, 5.74) is 5.40. The number of nitrogen functional groups attached to an aromatic ring is 1. The highest BCUT2D eigenvalue weighted by Crippen LogP contribution is 2.53. The van der Waals surface area contributed by atoms with Gasteiger partial charge in [-0.1, -0.05) is 41.5 Å². The number of phosphoric ester groups is 2. The Kier molecular flexibility index (Phi) is 15.6. The molecule has 4 aromatic heterocycles. The number of hydrogen-bond acceptors (Lipinski definition) is 19. The molecule has 4 aromatic rings. The van der Waals surface area contributed by atoms with E-state index in [9.17, 15) is 33.9 Å². The van der Waals surface area contributed by atoms with E-state index in [2.05, 4.69) is 81.2 Å². The van der Waals surface area contributed by atoms with Gasteiger partial charge in [0, 0.05) is 0 Å². The number of fused-ring (bicyclic) bond motifs is 6. The topological polar surface area (TPSA) is 310 Å². The minimum atomic E-state index is -5.06. The molecule has 3 aliphatic heterocycles. The lowest BCUT2D eigenvalue weighted by Gasteiger charge is -2.26. The van der Waals surface area contributed by atoms with Crippen LogP contribution in [-0.4, -0.2) is 158 Å². The fourth-order valence-electron chi connectivity index (χ4n) is 6.54. The van der Waals surface area contributed by atoms with Crippen LogP contribution in [0.5, 0.6) is 0 Å². The van der Waals surface area contributed by atoms with Gasteiger partial charge < -0.3 is 50.0 Å². The van der Waals surface area contributed by atoms with Crippen molar-refractivity contribution >= 4 is 43.8 Å². The number of nitrogens with two attached hydrogens (primary N) is 1. The van der Waals surface area contributed by atoms with Crippen molar-refractivity contribution in [1.82, 2.24) is 48.8 Å². The SMILES string of the molecule is CCN(CC)CC.CCN(CC)CC.Nc1ncnc2c1ncn2[C@@H]1O[C@@H]2COP(=O)(O)O[C@@H]3[C@H](O)[C@@H](COP(=O)(O)O[C@@H]1[C@@H]2O)O[C@H]3n1cnc2c(=O)[nH]cnc21. The number of phosphoric acid groups is 2. The Morgan fingerprint density at radius 2 is 1.16 bits per heavy atom. The molecule has 324 valence electrons. The number of aromatic nitrogens is 8. The lowest BCUT2D eigenvalue weighted by atomic mass is 10.1. The molecular weight excluding hydrogens is 808 g/mol. The zero-order valence-corrected chi connectivity index (χ0v) is 34.8. The number of rotatable bonds is 8. The van der Waals surface area contributed by atoms with Crippen LogP contribution >= 0.6 is 15.6 Å². The van der Waals surface area contributed by atoms with E-state index in [4.69, 9.17) is 33.3 Å². The molecule has 7 heterocycles. The molecule has 3 aliphatic rings. The molecule has 0 aromatic carbocycles. The first-order valence-electron chi connectivity index (χ1n) is 18.9. The predicted molar refractivity (Wildman–Crippen MR) is 206 cm³/mol. The van der Waals surface area contributed by atoms with Gasteiger partial charge in [0.1, 0.15) is 48.5 Å². The highest BCUT2D eigenvalue weighted by molar-refractivity contribution is 7.47. The second-order valence-electron chi connectivity index (χ2n) is 13.2. The van der Waals surface area contributed by atoms with Crippen LogP contribution in [0.3, 0.4) is 0 Å². The Morgan fingerprint density at radius 3 is 1.59 bits per heavy atom. The van der Waals surface area contributed by atoms with Crippen molar-refractivity contribution in [2.45, 2.75) is 90.6 Å². The van der Waals surface area contributed by atoms with Gasteiger partial charge in [-0.05, 0) is 39.3 Å². The molecule has 0 amide bonds. The van der Waals surface area contributed by atoms with Gasteiger partial charge in [-0.25, -0.2) is 34.0 Å². The number of nitrogens with one attached hydrogen (secondary N) is 1. The molecule has 58 heavy (non-hydrogen) atoms. The molecule has 0 spiro atoms. The van der Waals surface area contributed by atoms with Crippen molar-refractivity contribution in [3.8, 4) is 0 Å². The summed E-state index contributed by atoms with van der Waals surface area (Å²) in [5, 5.41) is 22.1. The Hall–Kier alpha value is -3.32. The second-order valence-corrected chi connectivity index (χ2v) is 16.0. The molecule has 3 fully saturated rings. The van der Waals surface area contributed by atoms with Crippen LogP contribution in [0.1, 0.15) is 54.0 Å². The van der Waals surface area contributed by atoms with Crippen molar-refractivity contribution < 1.29 is 56.7 Å². The van der Waals surface area contributed by atoms with E-state index in [-0.39, 0.29) is 28.1 Å². The van der Waals surface area contributed by atoms with Crippen molar-refractivity contribution in [3.05, 3.63) is 35.7 Å². The molecule has 0 radical (unpaired) electrons. The lowest BCUT2D eigenvalue weighted by molar-refractivity contribution is -0.0675. The van der Waals surface area contributed by atoms with Gasteiger partial charge in [0.2, 0.25) is 0 Å². The Bertz CT molecular complexity index is 2080. The summed E-state index contributed by atoms with van der Waals surface area (Å²) in [7, 11) is -10.1. The van der Waals surface area contributed by atoms with Gasteiger partial charge in [0.15, 0.2) is 35.1 Å². The van der Waals surface area contributed by atoms with Gasteiger partial charge in [-0.2, -0.15) is 0 Å². The van der Waals surface area contributed by atoms with Crippen LogP contribution < -0.4 is 11.3 Å². The summed E-state index contributed by atoms with van der Waals surface area (Å²) in [5.74, 6) is 0.0238. The maximum Gasteiger partial charge on any atom is 0.472 e. The van der Waals surface area contributed by atoms with Gasteiger partial charge in [-0.15, -0.1) is 0 Å². The van der Waals surface area contributed by atoms with Gasteiger partial charge in [-0.3, -0.25) is 32.0 Å². The minimum absolute atomic E-state index is 0.0238. The Balaban J connectivity index is 0.000000393. The third-order valence-corrected chi connectivity index (χ3v) is 11.9. The molecule has 26 heteroatoms. The Labute approximate surface area is 333 Å². The average Bonchev–Trinajstić information content (AvgIpc) is 3.97. The largest absolute Gasteiger partial charge is 0.472 e. The summed E-state index contributed by atoms with van der Waals surface area (Å²) >= 11 is 0. The molecule has 7 N–H and O–H groups in total. The van der Waals surface area contributed by atoms with Crippen molar-refractivity contribution in [2.24, 2.45) is 0 Å². The molecule has 24 nitrogen and oxygen atoms in total. The van der Waals surface area contributed by atoms with Crippen LogP contribution in [0.2, 0.25) is 0 Å². The van der Waals surface area contributed by atoms with E-state index in [1.807, 2.05) is 0 Å². The van der Waals surface area contributed by atoms with E-state index in [0.29, 0.717) is 0 Å². The normalized spacial score (nSPS) is 31.5. The molecule has 0 aliphatic carbocycles. The van der Waals surface area contributed by atoms with Crippen molar-refractivity contribution in [2.75, 3.05) is 58.2 Å². The highest BCUT2D eigenvalue weighted by atomic mass is 31.2. The fraction of sp³-hybridized carbons (Fsp3) is 0.688.